The van der Waals surface area contributed by atoms with E-state index in [-0.39, 0.29) is 5.38 Å². The Bertz CT molecular complexity index is 760. The molecule has 0 N–H and O–H groups in total. The molecule has 1 unspecified atom stereocenters. The molecule has 0 bridgehead atoms. The van der Waals surface area contributed by atoms with Crippen molar-refractivity contribution in [2.75, 3.05) is 0 Å². The third kappa shape index (κ3) is 2.43. The Kier molecular flexibility index (Phi) is 3.48. The van der Waals surface area contributed by atoms with Crippen LogP contribution < -0.4 is 0 Å². The fraction of sp³-hybridized carbons (Fsp3) is 0.357. The van der Waals surface area contributed by atoms with Gasteiger partial charge in [-0.1, -0.05) is 0 Å². The van der Waals surface area contributed by atoms with E-state index >= 15 is 0 Å². The highest BCUT2D eigenvalue weighted by molar-refractivity contribution is 7.09. The van der Waals surface area contributed by atoms with Gasteiger partial charge in [-0.2, -0.15) is 0 Å². The lowest BCUT2D eigenvalue weighted by atomic mass is 10.3. The molecule has 0 amide bonds. The van der Waals surface area contributed by atoms with E-state index in [1.807, 2.05) is 33.0 Å². The second-order valence-electron chi connectivity index (χ2n) is 4.91. The van der Waals surface area contributed by atoms with Gasteiger partial charge in [-0.05, 0) is 32.4 Å². The van der Waals surface area contributed by atoms with Gasteiger partial charge in [0, 0.05) is 17.3 Å². The molecule has 1 atom stereocenters. The smallest absolute Gasteiger partial charge is 0.160 e. The summed E-state index contributed by atoms with van der Waals surface area (Å²) in [7, 11) is 0. The fourth-order valence-electron chi connectivity index (χ4n) is 2.20. The van der Waals surface area contributed by atoms with Gasteiger partial charge in [0.1, 0.15) is 16.3 Å². The van der Waals surface area contributed by atoms with Crippen molar-refractivity contribution in [1.82, 2.24) is 19.5 Å². The van der Waals surface area contributed by atoms with Crippen molar-refractivity contribution >= 4 is 34.1 Å². The van der Waals surface area contributed by atoms with Gasteiger partial charge in [-0.15, -0.1) is 22.9 Å². The number of rotatable bonds is 3. The van der Waals surface area contributed by atoms with Gasteiger partial charge < -0.3 is 4.57 Å². The molecular formula is C14H15ClN4S. The Hall–Kier alpha value is -1.46. The number of pyridine rings is 1. The van der Waals surface area contributed by atoms with Crippen LogP contribution in [-0.2, 0) is 6.54 Å². The molecule has 0 aromatic carbocycles. The molecule has 0 spiro atoms. The summed E-state index contributed by atoms with van der Waals surface area (Å²) in [6, 6.07) is 2.04. The first-order chi connectivity index (χ1) is 9.54. The standard InChI is InChI=1S/C14H15ClN4S/c1-8-4-11-14(16-5-8)19(13(18-11)10(3)15)6-12-17-9(2)7-20-12/h4-5,7,10H,6H2,1-3H3. The molecule has 0 saturated heterocycles. The summed E-state index contributed by atoms with van der Waals surface area (Å²) in [6.45, 7) is 6.61. The predicted octanol–water partition coefficient (Wildman–Crippen LogP) is 3.85. The molecule has 0 fully saturated rings. The van der Waals surface area contributed by atoms with E-state index < -0.39 is 0 Å². The monoisotopic (exact) mass is 306 g/mol. The number of aryl methyl sites for hydroxylation is 2. The lowest BCUT2D eigenvalue weighted by molar-refractivity contribution is 0.731. The van der Waals surface area contributed by atoms with Crippen LogP contribution in [-0.4, -0.2) is 19.5 Å². The summed E-state index contributed by atoms with van der Waals surface area (Å²) in [5.41, 5.74) is 3.89. The molecule has 3 rings (SSSR count). The largest absolute Gasteiger partial charge is 0.305 e. The molecule has 0 saturated carbocycles. The predicted molar refractivity (Wildman–Crippen MR) is 82.5 cm³/mol. The maximum Gasteiger partial charge on any atom is 0.160 e. The quantitative estimate of drug-likeness (QED) is 0.690. The first-order valence-corrected chi connectivity index (χ1v) is 7.74. The van der Waals surface area contributed by atoms with Crippen LogP contribution in [0.4, 0.5) is 0 Å². The Labute approximate surface area is 126 Å². The van der Waals surface area contributed by atoms with Gasteiger partial charge in [0.2, 0.25) is 0 Å². The van der Waals surface area contributed by atoms with Crippen LogP contribution in [0.2, 0.25) is 0 Å². The van der Waals surface area contributed by atoms with Crippen molar-refractivity contribution < 1.29 is 0 Å². The molecule has 0 aliphatic rings. The number of thiazole rings is 1. The number of hydrogen-bond donors (Lipinski definition) is 0. The van der Waals surface area contributed by atoms with Gasteiger partial charge >= 0.3 is 0 Å². The van der Waals surface area contributed by atoms with Crippen LogP contribution in [0.25, 0.3) is 11.2 Å². The van der Waals surface area contributed by atoms with Gasteiger partial charge in [-0.25, -0.2) is 15.0 Å². The Morgan fingerprint density at radius 2 is 2.15 bits per heavy atom. The Morgan fingerprint density at radius 1 is 1.35 bits per heavy atom. The van der Waals surface area contributed by atoms with Crippen molar-refractivity contribution in [3.8, 4) is 0 Å². The number of aromatic nitrogens is 4. The van der Waals surface area contributed by atoms with Gasteiger partial charge in [-0.3, -0.25) is 0 Å². The van der Waals surface area contributed by atoms with Crippen molar-refractivity contribution in [2.45, 2.75) is 32.7 Å². The van der Waals surface area contributed by atoms with E-state index in [1.54, 1.807) is 11.3 Å². The summed E-state index contributed by atoms with van der Waals surface area (Å²) in [6.07, 6.45) is 1.86. The highest BCUT2D eigenvalue weighted by atomic mass is 35.5. The van der Waals surface area contributed by atoms with E-state index in [1.165, 1.54) is 0 Å². The second-order valence-corrected chi connectivity index (χ2v) is 6.51. The fourth-order valence-corrected chi connectivity index (χ4v) is 3.13. The molecule has 3 heterocycles. The van der Waals surface area contributed by atoms with E-state index in [2.05, 4.69) is 24.9 Å². The molecule has 20 heavy (non-hydrogen) atoms. The Balaban J connectivity index is 2.13. The molecule has 0 radical (unpaired) electrons. The zero-order chi connectivity index (χ0) is 14.3. The highest BCUT2D eigenvalue weighted by Gasteiger charge is 2.17. The normalized spacial score (nSPS) is 13.0. The maximum absolute atomic E-state index is 6.26. The van der Waals surface area contributed by atoms with E-state index in [0.717, 1.165) is 33.3 Å². The zero-order valence-electron chi connectivity index (χ0n) is 11.6. The van der Waals surface area contributed by atoms with Crippen LogP contribution in [0, 0.1) is 13.8 Å². The number of fused-ring (bicyclic) bond motifs is 1. The van der Waals surface area contributed by atoms with E-state index in [4.69, 9.17) is 11.6 Å². The third-order valence-corrected chi connectivity index (χ3v) is 4.21. The minimum atomic E-state index is -0.162. The number of alkyl halides is 1. The lowest BCUT2D eigenvalue weighted by Gasteiger charge is -2.07. The van der Waals surface area contributed by atoms with E-state index in [9.17, 15) is 0 Å². The van der Waals surface area contributed by atoms with Crippen molar-refractivity contribution in [2.24, 2.45) is 0 Å². The third-order valence-electron chi connectivity index (χ3n) is 3.07. The topological polar surface area (TPSA) is 43.6 Å². The summed E-state index contributed by atoms with van der Waals surface area (Å²) in [4.78, 5) is 13.6. The molecule has 3 aromatic heterocycles. The molecular weight excluding hydrogens is 292 g/mol. The van der Waals surface area contributed by atoms with Crippen LogP contribution in [0.5, 0.6) is 0 Å². The van der Waals surface area contributed by atoms with Gasteiger partial charge in [0.25, 0.3) is 0 Å². The molecule has 3 aromatic rings. The van der Waals surface area contributed by atoms with Crippen LogP contribution in [0.1, 0.15) is 34.4 Å². The number of hydrogen-bond acceptors (Lipinski definition) is 4. The molecule has 0 aliphatic carbocycles. The lowest BCUT2D eigenvalue weighted by Crippen LogP contribution is -2.06. The van der Waals surface area contributed by atoms with Crippen LogP contribution in [0.3, 0.4) is 0 Å². The molecule has 4 nitrogen and oxygen atoms in total. The minimum absolute atomic E-state index is 0.162. The first-order valence-electron chi connectivity index (χ1n) is 6.42. The average Bonchev–Trinajstić information content (AvgIpc) is 2.94. The maximum atomic E-state index is 6.26. The Morgan fingerprint density at radius 3 is 2.80 bits per heavy atom. The van der Waals surface area contributed by atoms with Crippen LogP contribution >= 0.6 is 22.9 Å². The summed E-state index contributed by atoms with van der Waals surface area (Å²) in [5.74, 6) is 0.840. The summed E-state index contributed by atoms with van der Waals surface area (Å²) in [5, 5.41) is 2.93. The van der Waals surface area contributed by atoms with Gasteiger partial charge in [0.05, 0.1) is 11.9 Å². The van der Waals surface area contributed by atoms with Crippen molar-refractivity contribution in [1.29, 1.82) is 0 Å². The van der Waals surface area contributed by atoms with Crippen molar-refractivity contribution in [3.05, 3.63) is 39.7 Å². The second kappa shape index (κ2) is 5.14. The zero-order valence-corrected chi connectivity index (χ0v) is 13.2. The first kappa shape index (κ1) is 13.5. The van der Waals surface area contributed by atoms with Crippen molar-refractivity contribution in [3.63, 3.8) is 0 Å². The summed E-state index contributed by atoms with van der Waals surface area (Å²) >= 11 is 7.91. The summed E-state index contributed by atoms with van der Waals surface area (Å²) < 4.78 is 2.06. The number of nitrogens with zero attached hydrogens (tertiary/aromatic N) is 4. The van der Waals surface area contributed by atoms with Gasteiger partial charge in [0.15, 0.2) is 5.65 Å². The minimum Gasteiger partial charge on any atom is -0.305 e. The molecule has 0 aliphatic heterocycles. The molecule has 104 valence electrons. The highest BCUT2D eigenvalue weighted by Crippen LogP contribution is 2.25. The number of halogens is 1. The SMILES string of the molecule is Cc1cnc2c(c1)nc(C(C)Cl)n2Cc1nc(C)cs1. The number of imidazole rings is 1. The average molecular weight is 307 g/mol. The molecule has 6 heteroatoms. The van der Waals surface area contributed by atoms with Crippen LogP contribution in [0.15, 0.2) is 17.6 Å². The van der Waals surface area contributed by atoms with E-state index in [0.29, 0.717) is 6.54 Å².